The largest absolute Gasteiger partial charge is 0.366 e. The Balaban J connectivity index is 2.68. The molecule has 15 heavy (non-hydrogen) atoms. The molecule has 5 nitrogen and oxygen atoms in total. The van der Waals surface area contributed by atoms with Crippen LogP contribution in [0.15, 0.2) is 11.4 Å². The Kier molecular flexibility index (Phi) is 3.81. The fraction of sp³-hybridized carbons (Fsp3) is 0.333. The lowest BCUT2D eigenvalue weighted by Gasteiger charge is -2.06. The average Bonchev–Trinajstić information content (AvgIpc) is 2.50. The average molecular weight is 227 g/mol. The van der Waals surface area contributed by atoms with Gasteiger partial charge in [-0.1, -0.05) is 0 Å². The molecule has 0 saturated carbocycles. The molecule has 6 heteroatoms. The van der Waals surface area contributed by atoms with Crippen LogP contribution in [-0.4, -0.2) is 17.9 Å². The first kappa shape index (κ1) is 11.7. The molecule has 0 bridgehead atoms. The lowest BCUT2D eigenvalue weighted by molar-refractivity contribution is -0.116. The topological polar surface area (TPSA) is 98.2 Å². The maximum absolute atomic E-state index is 11.4. The minimum Gasteiger partial charge on any atom is -0.366 e. The van der Waals surface area contributed by atoms with Crippen LogP contribution in [0.3, 0.4) is 0 Å². The fourth-order valence-corrected chi connectivity index (χ4v) is 1.88. The first-order chi connectivity index (χ1) is 7.00. The van der Waals surface area contributed by atoms with Gasteiger partial charge in [-0.3, -0.25) is 9.59 Å². The Morgan fingerprint density at radius 3 is 2.80 bits per heavy atom. The molecule has 1 rings (SSSR count). The number of hydrogen-bond acceptors (Lipinski definition) is 4. The van der Waals surface area contributed by atoms with Crippen molar-refractivity contribution < 1.29 is 9.59 Å². The number of rotatable bonds is 4. The molecule has 1 aromatic rings. The normalized spacial score (nSPS) is 12.1. The Bertz CT molecular complexity index is 373. The van der Waals surface area contributed by atoms with E-state index < -0.39 is 5.91 Å². The molecule has 1 heterocycles. The second-order valence-electron chi connectivity index (χ2n) is 3.26. The van der Waals surface area contributed by atoms with Crippen molar-refractivity contribution in [2.45, 2.75) is 19.4 Å². The quantitative estimate of drug-likeness (QED) is 0.699. The van der Waals surface area contributed by atoms with E-state index in [1.54, 1.807) is 18.4 Å². The molecule has 2 amide bonds. The van der Waals surface area contributed by atoms with Crippen molar-refractivity contribution in [2.24, 2.45) is 11.5 Å². The van der Waals surface area contributed by atoms with Gasteiger partial charge in [0.25, 0.3) is 5.91 Å². The molecule has 5 N–H and O–H groups in total. The van der Waals surface area contributed by atoms with E-state index in [0.29, 0.717) is 10.6 Å². The highest BCUT2D eigenvalue weighted by molar-refractivity contribution is 7.14. The van der Waals surface area contributed by atoms with Gasteiger partial charge in [-0.05, 0) is 18.4 Å². The predicted molar refractivity (Wildman–Crippen MR) is 59.7 cm³/mol. The number of nitrogens with one attached hydrogen (secondary N) is 1. The van der Waals surface area contributed by atoms with E-state index in [1.165, 1.54) is 11.3 Å². The zero-order valence-electron chi connectivity index (χ0n) is 8.32. The maximum atomic E-state index is 11.4. The Hall–Kier alpha value is -1.40. The SMILES string of the molecule is CC(N)CC(=O)Nc1sccc1C(N)=O. The molecule has 0 aliphatic rings. The third-order valence-electron chi connectivity index (χ3n) is 1.69. The Labute approximate surface area is 91.4 Å². The highest BCUT2D eigenvalue weighted by Crippen LogP contribution is 2.22. The third-order valence-corrected chi connectivity index (χ3v) is 2.52. The van der Waals surface area contributed by atoms with E-state index in [2.05, 4.69) is 5.32 Å². The van der Waals surface area contributed by atoms with Crippen molar-refractivity contribution in [3.8, 4) is 0 Å². The van der Waals surface area contributed by atoms with Crippen LogP contribution in [0.4, 0.5) is 5.00 Å². The van der Waals surface area contributed by atoms with Crippen LogP contribution < -0.4 is 16.8 Å². The van der Waals surface area contributed by atoms with E-state index in [0.717, 1.165) is 0 Å². The van der Waals surface area contributed by atoms with Crippen molar-refractivity contribution in [2.75, 3.05) is 5.32 Å². The zero-order chi connectivity index (χ0) is 11.4. The summed E-state index contributed by atoms with van der Waals surface area (Å²) in [5, 5.41) is 4.78. The summed E-state index contributed by atoms with van der Waals surface area (Å²) < 4.78 is 0. The second kappa shape index (κ2) is 4.90. The van der Waals surface area contributed by atoms with Crippen LogP contribution in [0, 0.1) is 0 Å². The summed E-state index contributed by atoms with van der Waals surface area (Å²) in [7, 11) is 0. The molecule has 0 radical (unpaired) electrons. The number of primary amides is 1. The molecule has 1 unspecified atom stereocenters. The van der Waals surface area contributed by atoms with Crippen LogP contribution >= 0.6 is 11.3 Å². The lowest BCUT2D eigenvalue weighted by Crippen LogP contribution is -2.24. The van der Waals surface area contributed by atoms with Crippen LogP contribution in [0.2, 0.25) is 0 Å². The van der Waals surface area contributed by atoms with E-state index in [9.17, 15) is 9.59 Å². The van der Waals surface area contributed by atoms with Gasteiger partial charge in [0.2, 0.25) is 5.91 Å². The van der Waals surface area contributed by atoms with Gasteiger partial charge in [0.1, 0.15) is 5.00 Å². The van der Waals surface area contributed by atoms with Crippen LogP contribution in [0.25, 0.3) is 0 Å². The van der Waals surface area contributed by atoms with Gasteiger partial charge in [0.05, 0.1) is 5.56 Å². The summed E-state index contributed by atoms with van der Waals surface area (Å²) in [4.78, 5) is 22.3. The highest BCUT2D eigenvalue weighted by atomic mass is 32.1. The summed E-state index contributed by atoms with van der Waals surface area (Å²) in [6.07, 6.45) is 0.218. The van der Waals surface area contributed by atoms with Gasteiger partial charge in [-0.15, -0.1) is 11.3 Å². The van der Waals surface area contributed by atoms with E-state index in [4.69, 9.17) is 11.5 Å². The van der Waals surface area contributed by atoms with Gasteiger partial charge < -0.3 is 16.8 Å². The molecule has 0 fully saturated rings. The number of hydrogen-bond donors (Lipinski definition) is 3. The summed E-state index contributed by atoms with van der Waals surface area (Å²) in [6, 6.07) is 1.37. The molecule has 82 valence electrons. The number of nitrogens with two attached hydrogens (primary N) is 2. The van der Waals surface area contributed by atoms with Gasteiger partial charge in [0.15, 0.2) is 0 Å². The molecular weight excluding hydrogens is 214 g/mol. The predicted octanol–water partition coefficient (Wildman–Crippen LogP) is 0.523. The number of anilines is 1. The summed E-state index contributed by atoms with van der Waals surface area (Å²) in [5.41, 5.74) is 10.9. The lowest BCUT2D eigenvalue weighted by atomic mass is 10.2. The van der Waals surface area contributed by atoms with E-state index in [-0.39, 0.29) is 18.4 Å². The van der Waals surface area contributed by atoms with E-state index in [1.807, 2.05) is 0 Å². The zero-order valence-corrected chi connectivity index (χ0v) is 9.14. The number of amides is 2. The van der Waals surface area contributed by atoms with Crippen LogP contribution in [0.5, 0.6) is 0 Å². The van der Waals surface area contributed by atoms with Crippen molar-refractivity contribution in [3.05, 3.63) is 17.0 Å². The van der Waals surface area contributed by atoms with Crippen LogP contribution in [0.1, 0.15) is 23.7 Å². The first-order valence-corrected chi connectivity index (χ1v) is 5.31. The number of carbonyl (C=O) groups is 2. The highest BCUT2D eigenvalue weighted by Gasteiger charge is 2.12. The van der Waals surface area contributed by atoms with Crippen molar-refractivity contribution in [1.82, 2.24) is 0 Å². The molecule has 0 spiro atoms. The Morgan fingerprint density at radius 2 is 2.27 bits per heavy atom. The Morgan fingerprint density at radius 1 is 1.60 bits per heavy atom. The van der Waals surface area contributed by atoms with Crippen molar-refractivity contribution in [1.29, 1.82) is 0 Å². The third kappa shape index (κ3) is 3.34. The molecular formula is C9H13N3O2S. The van der Waals surface area contributed by atoms with Gasteiger partial charge in [-0.25, -0.2) is 0 Å². The first-order valence-electron chi connectivity index (χ1n) is 4.43. The van der Waals surface area contributed by atoms with E-state index >= 15 is 0 Å². The molecule has 0 saturated heterocycles. The van der Waals surface area contributed by atoms with Crippen molar-refractivity contribution >= 4 is 28.2 Å². The summed E-state index contributed by atoms with van der Waals surface area (Å²) in [6.45, 7) is 1.74. The maximum Gasteiger partial charge on any atom is 0.251 e. The second-order valence-corrected chi connectivity index (χ2v) is 4.17. The van der Waals surface area contributed by atoms with Gasteiger partial charge in [0, 0.05) is 12.5 Å². The standard InChI is InChI=1S/C9H13N3O2S/c1-5(10)4-7(13)12-9-6(8(11)14)2-3-15-9/h2-3,5H,4,10H2,1H3,(H2,11,14)(H,12,13). The van der Waals surface area contributed by atoms with Gasteiger partial charge >= 0.3 is 0 Å². The van der Waals surface area contributed by atoms with Crippen LogP contribution in [-0.2, 0) is 4.79 Å². The number of thiophene rings is 1. The minimum absolute atomic E-state index is 0.206. The summed E-state index contributed by atoms with van der Waals surface area (Å²) in [5.74, 6) is -0.762. The molecule has 0 aromatic carbocycles. The molecule has 0 aliphatic carbocycles. The number of carbonyl (C=O) groups excluding carboxylic acids is 2. The molecule has 1 atom stereocenters. The monoisotopic (exact) mass is 227 g/mol. The van der Waals surface area contributed by atoms with Gasteiger partial charge in [-0.2, -0.15) is 0 Å². The smallest absolute Gasteiger partial charge is 0.251 e. The molecule has 0 aliphatic heterocycles. The minimum atomic E-state index is -0.549. The van der Waals surface area contributed by atoms with Crippen molar-refractivity contribution in [3.63, 3.8) is 0 Å². The summed E-state index contributed by atoms with van der Waals surface area (Å²) >= 11 is 1.26. The molecule has 1 aromatic heterocycles. The fourth-order valence-electron chi connectivity index (χ4n) is 1.07.